The van der Waals surface area contributed by atoms with E-state index in [1.165, 1.54) is 23.4 Å². The van der Waals surface area contributed by atoms with E-state index in [1.807, 2.05) is 11.0 Å². The third-order valence-corrected chi connectivity index (χ3v) is 6.76. The van der Waals surface area contributed by atoms with Gasteiger partial charge in [-0.3, -0.25) is 4.79 Å². The summed E-state index contributed by atoms with van der Waals surface area (Å²) in [5, 5.41) is 9.35. The molecule has 2 aliphatic rings. The van der Waals surface area contributed by atoms with Crippen LogP contribution in [0, 0.1) is 11.8 Å². The zero-order chi connectivity index (χ0) is 20.5. The first-order chi connectivity index (χ1) is 13.9. The van der Waals surface area contributed by atoms with Crippen molar-refractivity contribution in [1.29, 1.82) is 0 Å². The van der Waals surface area contributed by atoms with E-state index >= 15 is 0 Å². The van der Waals surface area contributed by atoms with Crippen LogP contribution in [0.25, 0.3) is 0 Å². The molecule has 0 spiro atoms. The Morgan fingerprint density at radius 2 is 1.93 bits per heavy atom. The normalized spacial score (nSPS) is 19.9. The van der Waals surface area contributed by atoms with Gasteiger partial charge in [0, 0.05) is 37.1 Å². The van der Waals surface area contributed by atoms with E-state index in [0.717, 1.165) is 40.5 Å². The number of nitrogens with zero attached hydrogens (tertiary/aromatic N) is 3. The third kappa shape index (κ3) is 4.18. The number of aliphatic hydroxyl groups is 1. The molecule has 1 aromatic heterocycles. The molecule has 1 aromatic carbocycles. The summed E-state index contributed by atoms with van der Waals surface area (Å²) in [6, 6.07) is 11.0. The molecule has 1 unspecified atom stereocenters. The first-order valence-corrected chi connectivity index (χ1v) is 10.9. The molecule has 1 amide bonds. The molecule has 2 atom stereocenters. The maximum atomic E-state index is 13.1. The number of aliphatic hydroxyl groups excluding tert-OH is 1. The molecule has 29 heavy (non-hydrogen) atoms. The highest BCUT2D eigenvalue weighted by molar-refractivity contribution is 7.14. The van der Waals surface area contributed by atoms with Crippen molar-refractivity contribution in [2.75, 3.05) is 43.5 Å². The second kappa shape index (κ2) is 8.19. The Kier molecular flexibility index (Phi) is 5.64. The first kappa shape index (κ1) is 20.0. The molecule has 6 heteroatoms. The lowest BCUT2D eigenvalue weighted by Crippen LogP contribution is -2.36. The molecule has 152 valence electrons. The number of hydrogen-bond donors (Lipinski definition) is 1. The molecule has 4 rings (SSSR count). The standard InChI is InChI=1S/C23H27N3O2S/c1-16(27)4-9-21-14-17-10-13-26(23(28)22(17)29-21)19-7-5-18(6-8-19)25-12-11-20(15-25)24(2)3/h5-8,14,16,20,27H,10-13,15H2,1-3H3/t16?,20-/m1/s1. The number of carbonyl (C=O) groups excluding carboxylic acids is 1. The number of fused-ring (bicyclic) bond motifs is 1. The van der Waals surface area contributed by atoms with E-state index in [1.54, 1.807) is 6.92 Å². The fourth-order valence-corrected chi connectivity index (χ4v) is 5.00. The fourth-order valence-electron chi connectivity index (χ4n) is 3.98. The summed E-state index contributed by atoms with van der Waals surface area (Å²) >= 11 is 1.42. The largest absolute Gasteiger partial charge is 0.381 e. The van der Waals surface area contributed by atoms with Gasteiger partial charge in [-0.15, -0.1) is 11.3 Å². The molecule has 2 aromatic rings. The molecule has 1 N–H and O–H groups in total. The van der Waals surface area contributed by atoms with Gasteiger partial charge in [-0.2, -0.15) is 0 Å². The summed E-state index contributed by atoms with van der Waals surface area (Å²) in [6.07, 6.45) is 1.34. The van der Waals surface area contributed by atoms with Crippen molar-refractivity contribution in [3.05, 3.63) is 45.6 Å². The molecule has 3 heterocycles. The second-order valence-electron chi connectivity index (χ2n) is 7.99. The maximum Gasteiger partial charge on any atom is 0.268 e. The molecule has 0 aliphatic carbocycles. The van der Waals surface area contributed by atoms with Gasteiger partial charge in [0.05, 0.1) is 9.75 Å². The number of anilines is 2. The van der Waals surface area contributed by atoms with Crippen molar-refractivity contribution in [2.45, 2.75) is 31.9 Å². The van der Waals surface area contributed by atoms with E-state index in [0.29, 0.717) is 12.6 Å². The molecule has 0 saturated carbocycles. The van der Waals surface area contributed by atoms with E-state index in [9.17, 15) is 9.90 Å². The van der Waals surface area contributed by atoms with Crippen LogP contribution in [-0.4, -0.2) is 61.8 Å². The molecule has 0 radical (unpaired) electrons. The average molecular weight is 410 g/mol. The number of carbonyl (C=O) groups is 1. The Labute approximate surface area is 176 Å². The van der Waals surface area contributed by atoms with Gasteiger partial charge in [0.2, 0.25) is 0 Å². The van der Waals surface area contributed by atoms with Gasteiger partial charge in [-0.25, -0.2) is 0 Å². The van der Waals surface area contributed by atoms with Crippen LogP contribution in [0.15, 0.2) is 30.3 Å². The van der Waals surface area contributed by atoms with Crippen molar-refractivity contribution >= 4 is 28.6 Å². The number of benzene rings is 1. The average Bonchev–Trinajstić information content (AvgIpc) is 3.35. The van der Waals surface area contributed by atoms with Gasteiger partial charge < -0.3 is 19.8 Å². The minimum Gasteiger partial charge on any atom is -0.381 e. The van der Waals surface area contributed by atoms with Crippen LogP contribution >= 0.6 is 11.3 Å². The van der Waals surface area contributed by atoms with E-state index in [2.05, 4.69) is 60.0 Å². The minimum absolute atomic E-state index is 0.0444. The zero-order valence-electron chi connectivity index (χ0n) is 17.2. The van der Waals surface area contributed by atoms with Crippen LogP contribution < -0.4 is 9.80 Å². The summed E-state index contributed by atoms with van der Waals surface area (Å²) in [5.41, 5.74) is 3.22. The summed E-state index contributed by atoms with van der Waals surface area (Å²) in [7, 11) is 4.28. The fraction of sp³-hybridized carbons (Fsp3) is 0.435. The summed E-state index contributed by atoms with van der Waals surface area (Å²) in [4.78, 5) is 21.2. The molecule has 5 nitrogen and oxygen atoms in total. The van der Waals surface area contributed by atoms with Gasteiger partial charge >= 0.3 is 0 Å². The number of thiophene rings is 1. The van der Waals surface area contributed by atoms with Gasteiger partial charge in [-0.1, -0.05) is 11.8 Å². The molecule has 1 saturated heterocycles. The highest BCUT2D eigenvalue weighted by Crippen LogP contribution is 2.32. The quantitative estimate of drug-likeness (QED) is 0.792. The highest BCUT2D eigenvalue weighted by atomic mass is 32.1. The number of hydrogen-bond acceptors (Lipinski definition) is 5. The Bertz CT molecular complexity index is 953. The van der Waals surface area contributed by atoms with Crippen LogP contribution in [0.2, 0.25) is 0 Å². The monoisotopic (exact) mass is 409 g/mol. The number of rotatable bonds is 3. The second-order valence-corrected chi connectivity index (χ2v) is 9.04. The Balaban J connectivity index is 1.49. The van der Waals surface area contributed by atoms with Crippen LogP contribution in [0.5, 0.6) is 0 Å². The maximum absolute atomic E-state index is 13.1. The highest BCUT2D eigenvalue weighted by Gasteiger charge is 2.28. The lowest BCUT2D eigenvalue weighted by Gasteiger charge is -2.27. The van der Waals surface area contributed by atoms with Gasteiger partial charge in [-0.05, 0) is 69.8 Å². The van der Waals surface area contributed by atoms with Gasteiger partial charge in [0.25, 0.3) is 5.91 Å². The van der Waals surface area contributed by atoms with Crippen LogP contribution in [-0.2, 0) is 6.42 Å². The minimum atomic E-state index is -0.663. The van der Waals surface area contributed by atoms with Crippen molar-refractivity contribution in [1.82, 2.24) is 4.90 Å². The molecular formula is C23H27N3O2S. The Morgan fingerprint density at radius 3 is 2.59 bits per heavy atom. The van der Waals surface area contributed by atoms with E-state index in [-0.39, 0.29) is 5.91 Å². The van der Waals surface area contributed by atoms with Gasteiger partial charge in [0.15, 0.2) is 0 Å². The lowest BCUT2D eigenvalue weighted by molar-refractivity contribution is 0.0985. The Hall–Kier alpha value is -2.33. The van der Waals surface area contributed by atoms with Crippen LogP contribution in [0.4, 0.5) is 11.4 Å². The zero-order valence-corrected chi connectivity index (χ0v) is 18.0. The van der Waals surface area contributed by atoms with Crippen LogP contribution in [0.1, 0.15) is 33.5 Å². The number of amides is 1. The Morgan fingerprint density at radius 1 is 1.21 bits per heavy atom. The van der Waals surface area contributed by atoms with E-state index < -0.39 is 6.10 Å². The summed E-state index contributed by atoms with van der Waals surface area (Å²) in [6.45, 7) is 4.43. The number of likely N-dealkylation sites (N-methyl/N-ethyl adjacent to an activating group) is 1. The predicted molar refractivity (Wildman–Crippen MR) is 119 cm³/mol. The van der Waals surface area contributed by atoms with Crippen LogP contribution in [0.3, 0.4) is 0 Å². The molecule has 0 bridgehead atoms. The van der Waals surface area contributed by atoms with Gasteiger partial charge in [0.1, 0.15) is 6.10 Å². The molecule has 1 fully saturated rings. The predicted octanol–water partition coefficient (Wildman–Crippen LogP) is 2.82. The molecule has 2 aliphatic heterocycles. The summed E-state index contributed by atoms with van der Waals surface area (Å²) in [5.74, 6) is 5.76. The topological polar surface area (TPSA) is 47.0 Å². The third-order valence-electron chi connectivity index (χ3n) is 5.68. The van der Waals surface area contributed by atoms with Crippen molar-refractivity contribution in [3.8, 4) is 11.8 Å². The molecular weight excluding hydrogens is 382 g/mol. The smallest absolute Gasteiger partial charge is 0.268 e. The van der Waals surface area contributed by atoms with Crippen molar-refractivity contribution in [3.63, 3.8) is 0 Å². The lowest BCUT2D eigenvalue weighted by atomic mass is 10.1. The SMILES string of the molecule is CC(O)C#Cc1cc2c(s1)C(=O)N(c1ccc(N3CC[C@@H](N(C)C)C3)cc1)CC2. The van der Waals surface area contributed by atoms with Crippen molar-refractivity contribution in [2.24, 2.45) is 0 Å². The van der Waals surface area contributed by atoms with E-state index in [4.69, 9.17) is 0 Å². The summed E-state index contributed by atoms with van der Waals surface area (Å²) < 4.78 is 0. The van der Waals surface area contributed by atoms with Crippen molar-refractivity contribution < 1.29 is 9.90 Å². The first-order valence-electron chi connectivity index (χ1n) is 10.1.